The molecule has 0 saturated carbocycles. The molecule has 0 spiro atoms. The second kappa shape index (κ2) is 7.26. The molecule has 0 atom stereocenters. The molecule has 0 heterocycles. The van der Waals surface area contributed by atoms with Crippen LogP contribution in [0.4, 0.5) is 0 Å². The van der Waals surface area contributed by atoms with Crippen molar-refractivity contribution in [2.75, 3.05) is 6.54 Å². The lowest BCUT2D eigenvalue weighted by Gasteiger charge is -2.11. The van der Waals surface area contributed by atoms with Crippen molar-refractivity contribution in [1.29, 1.82) is 5.26 Å². The number of carbonyl (C=O) groups excluding carboxylic acids is 1. The normalized spacial score (nSPS) is 10.6. The Balaban J connectivity index is 1.71. The third-order valence-corrected chi connectivity index (χ3v) is 3.76. The minimum Gasteiger partial charge on any atom is -0.268 e. The van der Waals surface area contributed by atoms with E-state index in [9.17, 15) is 10.1 Å². The summed E-state index contributed by atoms with van der Waals surface area (Å²) in [7, 11) is 0. The number of nitriles is 1. The predicted molar refractivity (Wildman–Crippen MR) is 96.1 cm³/mol. The molecule has 0 aliphatic rings. The quantitative estimate of drug-likeness (QED) is 0.527. The van der Waals surface area contributed by atoms with E-state index in [1.54, 1.807) is 24.3 Å². The van der Waals surface area contributed by atoms with Gasteiger partial charge in [0, 0.05) is 5.56 Å². The molecule has 3 nitrogen and oxygen atoms in total. The van der Waals surface area contributed by atoms with Crippen LogP contribution in [0.3, 0.4) is 0 Å². The maximum atomic E-state index is 12.3. The summed E-state index contributed by atoms with van der Waals surface area (Å²) in [6, 6.07) is 23.1. The maximum absolute atomic E-state index is 12.3. The van der Waals surface area contributed by atoms with Crippen molar-refractivity contribution in [3.05, 3.63) is 90.0 Å². The Hall–Kier alpha value is -3.38. The number of benzene rings is 3. The van der Waals surface area contributed by atoms with E-state index in [1.807, 2.05) is 42.6 Å². The molecule has 0 aliphatic carbocycles. The fraction of sp³-hybridized carbons (Fsp3) is 0.0476. The van der Waals surface area contributed by atoms with Crippen molar-refractivity contribution in [3.63, 3.8) is 0 Å². The summed E-state index contributed by atoms with van der Waals surface area (Å²) in [6.07, 6.45) is 5.70. The minimum absolute atomic E-state index is 0.247. The second-order valence-electron chi connectivity index (χ2n) is 5.39. The molecule has 0 fully saturated rings. The van der Waals surface area contributed by atoms with Gasteiger partial charge in [-0.25, -0.2) is 4.90 Å². The van der Waals surface area contributed by atoms with Crippen LogP contribution in [0, 0.1) is 11.5 Å². The molecule has 0 N–H and O–H groups in total. The lowest BCUT2D eigenvalue weighted by atomic mass is 10.1. The topological polar surface area (TPSA) is 44.1 Å². The smallest absolute Gasteiger partial charge is 0.267 e. The number of hydrogen-bond acceptors (Lipinski definition) is 2. The summed E-state index contributed by atoms with van der Waals surface area (Å²) in [4.78, 5) is 13.4. The van der Waals surface area contributed by atoms with E-state index in [4.69, 9.17) is 0 Å². The number of rotatable bonds is 4. The van der Waals surface area contributed by atoms with E-state index < -0.39 is 0 Å². The molecule has 3 aromatic carbocycles. The fourth-order valence-corrected chi connectivity index (χ4v) is 2.51. The zero-order valence-corrected chi connectivity index (χ0v) is 13.1. The molecule has 0 aliphatic heterocycles. The molecule has 0 unspecified atom stereocenters. The zero-order chi connectivity index (χ0) is 16.8. The van der Waals surface area contributed by atoms with Gasteiger partial charge < -0.3 is 0 Å². The summed E-state index contributed by atoms with van der Waals surface area (Å²) >= 11 is 0. The average Bonchev–Trinajstić information content (AvgIpc) is 2.65. The Morgan fingerprint density at radius 2 is 1.67 bits per heavy atom. The van der Waals surface area contributed by atoms with Gasteiger partial charge in [-0.15, -0.1) is 0 Å². The lowest BCUT2D eigenvalue weighted by Crippen LogP contribution is -2.26. The largest absolute Gasteiger partial charge is 0.268 e. The van der Waals surface area contributed by atoms with Crippen molar-refractivity contribution in [2.24, 2.45) is 0 Å². The third kappa shape index (κ3) is 3.50. The monoisotopic (exact) mass is 312 g/mol. The van der Waals surface area contributed by atoms with Crippen molar-refractivity contribution in [2.45, 2.75) is 0 Å². The molecular formula is C21H16N2O. The Bertz CT molecular complexity index is 923. The van der Waals surface area contributed by atoms with Gasteiger partial charge in [0.1, 0.15) is 0 Å². The van der Waals surface area contributed by atoms with Crippen LogP contribution in [-0.2, 0) is 0 Å². The van der Waals surface area contributed by atoms with E-state index in [2.05, 4.69) is 24.3 Å². The van der Waals surface area contributed by atoms with E-state index in [0.717, 1.165) is 15.8 Å². The van der Waals surface area contributed by atoms with E-state index in [0.29, 0.717) is 5.56 Å². The van der Waals surface area contributed by atoms with Gasteiger partial charge in [-0.3, -0.25) is 4.79 Å². The second-order valence-corrected chi connectivity index (χ2v) is 5.39. The summed E-state index contributed by atoms with van der Waals surface area (Å²) in [5, 5.41) is 11.6. The molecule has 24 heavy (non-hydrogen) atoms. The van der Waals surface area contributed by atoms with Gasteiger partial charge in [0.05, 0.1) is 6.54 Å². The Kier molecular flexibility index (Phi) is 4.69. The van der Waals surface area contributed by atoms with Gasteiger partial charge >= 0.3 is 0 Å². The highest BCUT2D eigenvalue weighted by atomic mass is 16.2. The Morgan fingerprint density at radius 3 is 2.42 bits per heavy atom. The van der Waals surface area contributed by atoms with Gasteiger partial charge in [0.25, 0.3) is 5.91 Å². The molecule has 3 rings (SSSR count). The highest BCUT2D eigenvalue weighted by Crippen LogP contribution is 2.16. The van der Waals surface area contributed by atoms with Crippen LogP contribution < -0.4 is 0 Å². The first-order chi connectivity index (χ1) is 11.8. The van der Waals surface area contributed by atoms with Crippen molar-refractivity contribution >= 4 is 22.8 Å². The van der Waals surface area contributed by atoms with E-state index in [-0.39, 0.29) is 12.5 Å². The molecule has 0 aromatic heterocycles. The van der Waals surface area contributed by atoms with Gasteiger partial charge in [-0.05, 0) is 34.5 Å². The summed E-state index contributed by atoms with van der Waals surface area (Å²) < 4.78 is 0. The van der Waals surface area contributed by atoms with Crippen LogP contribution in [0.1, 0.15) is 15.9 Å². The number of hydrogen-bond donors (Lipinski definition) is 0. The van der Waals surface area contributed by atoms with Crippen molar-refractivity contribution in [3.8, 4) is 6.19 Å². The van der Waals surface area contributed by atoms with Crippen molar-refractivity contribution in [1.82, 2.24) is 4.90 Å². The summed E-state index contributed by atoms with van der Waals surface area (Å²) in [5.41, 5.74) is 1.55. The molecule has 0 radical (unpaired) electrons. The van der Waals surface area contributed by atoms with E-state index in [1.165, 1.54) is 5.39 Å². The SMILES string of the molecule is N#CN(C/C=C/c1ccc2ccccc2c1)C(=O)c1ccccc1. The first kappa shape index (κ1) is 15.5. The van der Waals surface area contributed by atoms with Gasteiger partial charge in [0.2, 0.25) is 0 Å². The van der Waals surface area contributed by atoms with Crippen LogP contribution >= 0.6 is 0 Å². The van der Waals surface area contributed by atoms with Gasteiger partial charge in [0.15, 0.2) is 6.19 Å². The molecule has 0 bridgehead atoms. The number of nitrogens with zero attached hydrogens (tertiary/aromatic N) is 2. The van der Waals surface area contributed by atoms with E-state index >= 15 is 0 Å². The highest BCUT2D eigenvalue weighted by molar-refractivity contribution is 5.95. The average molecular weight is 312 g/mol. The molecular weight excluding hydrogens is 296 g/mol. The number of carbonyl (C=O) groups is 1. The number of fused-ring (bicyclic) bond motifs is 1. The number of amides is 1. The Labute approximate surface area is 141 Å². The third-order valence-electron chi connectivity index (χ3n) is 3.76. The molecule has 116 valence electrons. The first-order valence-corrected chi connectivity index (χ1v) is 7.70. The van der Waals surface area contributed by atoms with Gasteiger partial charge in [-0.2, -0.15) is 5.26 Å². The Morgan fingerprint density at radius 1 is 0.958 bits per heavy atom. The van der Waals surface area contributed by atoms with Crippen LogP contribution in [0.5, 0.6) is 0 Å². The maximum Gasteiger partial charge on any atom is 0.267 e. The first-order valence-electron chi connectivity index (χ1n) is 7.70. The van der Waals surface area contributed by atoms with Gasteiger partial charge in [-0.1, -0.05) is 66.7 Å². The van der Waals surface area contributed by atoms with Crippen molar-refractivity contribution < 1.29 is 4.79 Å². The van der Waals surface area contributed by atoms with Crippen LogP contribution in [0.15, 0.2) is 78.9 Å². The molecule has 1 amide bonds. The highest BCUT2D eigenvalue weighted by Gasteiger charge is 2.13. The van der Waals surface area contributed by atoms with Crippen LogP contribution in [0.25, 0.3) is 16.8 Å². The summed E-state index contributed by atoms with van der Waals surface area (Å²) in [6.45, 7) is 0.247. The predicted octanol–water partition coefficient (Wildman–Crippen LogP) is 4.48. The van der Waals surface area contributed by atoms with Crippen LogP contribution in [0.2, 0.25) is 0 Å². The summed E-state index contributed by atoms with van der Waals surface area (Å²) in [5.74, 6) is -0.290. The molecule has 3 heteroatoms. The zero-order valence-electron chi connectivity index (χ0n) is 13.1. The molecule has 3 aromatic rings. The molecule has 0 saturated heterocycles. The minimum atomic E-state index is -0.290. The lowest BCUT2D eigenvalue weighted by molar-refractivity contribution is 0.0844. The van der Waals surface area contributed by atoms with Crippen LogP contribution in [-0.4, -0.2) is 17.4 Å². The standard InChI is InChI=1S/C21H16N2O/c22-16-23(21(24)19-9-2-1-3-10-19)14-6-7-17-12-13-18-8-4-5-11-20(18)15-17/h1-13,15H,14H2/b7-6+. The fourth-order valence-electron chi connectivity index (χ4n) is 2.51.